The minimum atomic E-state index is 0.444. The van der Waals surface area contributed by atoms with Gasteiger partial charge in [-0.05, 0) is 58.0 Å². The van der Waals surface area contributed by atoms with Crippen LogP contribution < -0.4 is 10.1 Å². The molecule has 4 heterocycles. The molecule has 4 aromatic rings. The number of amidine groups is 1. The third-order valence-corrected chi connectivity index (χ3v) is 7.77. The lowest BCUT2D eigenvalue weighted by Crippen LogP contribution is -2.41. The minimum absolute atomic E-state index is 0.444. The van der Waals surface area contributed by atoms with E-state index in [9.17, 15) is 0 Å². The minimum Gasteiger partial charge on any atom is -0.470 e. The van der Waals surface area contributed by atoms with Crippen molar-refractivity contribution in [2.24, 2.45) is 4.99 Å². The third kappa shape index (κ3) is 6.53. The van der Waals surface area contributed by atoms with Gasteiger partial charge in [0.25, 0.3) is 0 Å². The van der Waals surface area contributed by atoms with E-state index in [-0.39, 0.29) is 0 Å². The van der Waals surface area contributed by atoms with Crippen LogP contribution in [-0.4, -0.2) is 56.4 Å². The average Bonchev–Trinajstić information content (AvgIpc) is 3.57. The fourth-order valence-corrected chi connectivity index (χ4v) is 5.64. The molecule has 1 saturated heterocycles. The van der Waals surface area contributed by atoms with Crippen molar-refractivity contribution < 1.29 is 4.74 Å². The monoisotopic (exact) mass is 517 g/mol. The van der Waals surface area contributed by atoms with Crippen molar-refractivity contribution >= 4 is 27.4 Å². The Bertz CT molecular complexity index is 1290. The number of para-hydroxylation sites is 1. The molecule has 0 aliphatic carbocycles. The molecule has 1 aliphatic rings. The van der Waals surface area contributed by atoms with Crippen molar-refractivity contribution in [3.63, 3.8) is 0 Å². The van der Waals surface area contributed by atoms with Gasteiger partial charge < -0.3 is 14.6 Å². The molecule has 3 aromatic heterocycles. The van der Waals surface area contributed by atoms with E-state index in [1.165, 1.54) is 4.70 Å². The summed E-state index contributed by atoms with van der Waals surface area (Å²) < 4.78 is 9.35. The Morgan fingerprint density at radius 3 is 2.78 bits per heavy atom. The number of hydrogen-bond donors (Lipinski definition) is 1. The SMILES string of the molecule is CCNC(CN1CCC(c2cccc(OCc3nc4ccccc4s3)n2)CC1)=NCc1cncn1CC. The summed E-state index contributed by atoms with van der Waals surface area (Å²) in [4.78, 5) is 21.1. The fourth-order valence-electron chi connectivity index (χ4n) is 4.76. The van der Waals surface area contributed by atoms with Gasteiger partial charge in [-0.1, -0.05) is 18.2 Å². The van der Waals surface area contributed by atoms with Gasteiger partial charge in [-0.3, -0.25) is 9.89 Å². The van der Waals surface area contributed by atoms with Crippen LogP contribution in [0.2, 0.25) is 0 Å². The maximum atomic E-state index is 6.02. The highest BCUT2D eigenvalue weighted by Crippen LogP contribution is 2.28. The second-order valence-corrected chi connectivity index (χ2v) is 10.4. The zero-order valence-corrected chi connectivity index (χ0v) is 22.5. The molecular formula is C28H35N7OS. The molecule has 5 rings (SSSR count). The number of fused-ring (bicyclic) bond motifs is 1. The number of ether oxygens (including phenoxy) is 1. The number of piperidine rings is 1. The largest absolute Gasteiger partial charge is 0.470 e. The Hall–Kier alpha value is -3.30. The Labute approximate surface area is 222 Å². The Balaban J connectivity index is 1.14. The number of aliphatic imine (C=N–C) groups is 1. The Morgan fingerprint density at radius 1 is 1.11 bits per heavy atom. The van der Waals surface area contributed by atoms with Crippen LogP contribution in [-0.2, 0) is 19.7 Å². The summed E-state index contributed by atoms with van der Waals surface area (Å²) in [6, 6.07) is 14.3. The van der Waals surface area contributed by atoms with Crippen LogP contribution in [0.1, 0.15) is 49.0 Å². The molecule has 37 heavy (non-hydrogen) atoms. The number of aromatic nitrogens is 4. The summed E-state index contributed by atoms with van der Waals surface area (Å²) in [7, 11) is 0. The van der Waals surface area contributed by atoms with Gasteiger partial charge in [-0.2, -0.15) is 0 Å². The molecule has 1 aromatic carbocycles. The fraction of sp³-hybridized carbons (Fsp3) is 0.429. The second-order valence-electron chi connectivity index (χ2n) is 9.28. The quantitative estimate of drug-likeness (QED) is 0.239. The van der Waals surface area contributed by atoms with Gasteiger partial charge in [0.1, 0.15) is 17.5 Å². The average molecular weight is 518 g/mol. The molecule has 0 bridgehead atoms. The maximum absolute atomic E-state index is 6.02. The van der Waals surface area contributed by atoms with Crippen molar-refractivity contribution in [3.05, 3.63) is 71.4 Å². The van der Waals surface area contributed by atoms with Gasteiger partial charge in [0.05, 0.1) is 41.5 Å². The predicted octanol–water partition coefficient (Wildman–Crippen LogP) is 4.87. The van der Waals surface area contributed by atoms with E-state index in [1.807, 2.05) is 36.8 Å². The van der Waals surface area contributed by atoms with Gasteiger partial charge in [-0.15, -0.1) is 11.3 Å². The first-order chi connectivity index (χ1) is 18.2. The highest BCUT2D eigenvalue weighted by atomic mass is 32.1. The number of thiazole rings is 1. The lowest BCUT2D eigenvalue weighted by molar-refractivity contribution is 0.233. The van der Waals surface area contributed by atoms with Gasteiger partial charge in [0.15, 0.2) is 0 Å². The Morgan fingerprint density at radius 2 is 1.97 bits per heavy atom. The van der Waals surface area contributed by atoms with E-state index in [0.29, 0.717) is 24.9 Å². The molecule has 1 aliphatic heterocycles. The molecular weight excluding hydrogens is 482 g/mol. The van der Waals surface area contributed by atoms with Gasteiger partial charge in [0, 0.05) is 30.8 Å². The number of likely N-dealkylation sites (N-methyl/N-ethyl adjacent to an activating group) is 1. The molecule has 8 nitrogen and oxygen atoms in total. The van der Waals surface area contributed by atoms with E-state index in [2.05, 4.69) is 56.8 Å². The normalized spacial score (nSPS) is 15.4. The van der Waals surface area contributed by atoms with Crippen molar-refractivity contribution in [2.45, 2.75) is 52.3 Å². The van der Waals surface area contributed by atoms with E-state index >= 15 is 0 Å². The predicted molar refractivity (Wildman–Crippen MR) is 149 cm³/mol. The number of benzene rings is 1. The first kappa shape index (κ1) is 25.4. The molecule has 0 radical (unpaired) electrons. The number of rotatable bonds is 10. The number of nitrogens with one attached hydrogen (secondary N) is 1. The van der Waals surface area contributed by atoms with Crippen LogP contribution in [0.4, 0.5) is 0 Å². The zero-order valence-electron chi connectivity index (χ0n) is 21.6. The molecule has 0 saturated carbocycles. The van der Waals surface area contributed by atoms with E-state index in [4.69, 9.17) is 14.7 Å². The number of nitrogens with zero attached hydrogens (tertiary/aromatic N) is 6. The summed E-state index contributed by atoms with van der Waals surface area (Å²) in [6.07, 6.45) is 5.94. The van der Waals surface area contributed by atoms with Crippen molar-refractivity contribution in [3.8, 4) is 5.88 Å². The number of likely N-dealkylation sites (tertiary alicyclic amines) is 1. The van der Waals surface area contributed by atoms with Crippen molar-refractivity contribution in [2.75, 3.05) is 26.2 Å². The first-order valence-corrected chi connectivity index (χ1v) is 14.0. The smallest absolute Gasteiger partial charge is 0.213 e. The highest BCUT2D eigenvalue weighted by Gasteiger charge is 2.23. The van der Waals surface area contributed by atoms with Crippen molar-refractivity contribution in [1.29, 1.82) is 0 Å². The molecule has 1 N–H and O–H groups in total. The summed E-state index contributed by atoms with van der Waals surface area (Å²) in [5.74, 6) is 2.17. The Kier molecular flexibility index (Phi) is 8.42. The molecule has 0 spiro atoms. The topological polar surface area (TPSA) is 80.5 Å². The van der Waals surface area contributed by atoms with Crippen molar-refractivity contribution in [1.82, 2.24) is 29.7 Å². The molecule has 9 heteroatoms. The van der Waals surface area contributed by atoms with Crippen LogP contribution in [0, 0.1) is 0 Å². The zero-order chi connectivity index (χ0) is 25.5. The molecule has 194 valence electrons. The van der Waals surface area contributed by atoms with Gasteiger partial charge in [-0.25, -0.2) is 15.0 Å². The number of pyridine rings is 1. The number of imidazole rings is 1. The van der Waals surface area contributed by atoms with Crippen LogP contribution in [0.5, 0.6) is 5.88 Å². The third-order valence-electron chi connectivity index (χ3n) is 6.76. The maximum Gasteiger partial charge on any atom is 0.213 e. The van der Waals surface area contributed by atoms with E-state index < -0.39 is 0 Å². The molecule has 0 atom stereocenters. The number of aryl methyl sites for hydroxylation is 1. The van der Waals surface area contributed by atoms with Crippen LogP contribution in [0.25, 0.3) is 10.2 Å². The van der Waals surface area contributed by atoms with Crippen LogP contribution >= 0.6 is 11.3 Å². The highest BCUT2D eigenvalue weighted by molar-refractivity contribution is 7.18. The summed E-state index contributed by atoms with van der Waals surface area (Å²) >= 11 is 1.67. The standard InChI is InChI=1S/C28H35N7OS/c1-3-30-26(31-17-22-16-29-20-35(22)4-2)18-34-14-12-21(13-15-34)23-9-7-11-27(32-23)36-19-28-33-24-8-5-6-10-25(24)37-28/h5-11,16,20-21H,3-4,12-15,17-19H2,1-2H3,(H,30,31). The van der Waals surface area contributed by atoms with Gasteiger partial charge in [0.2, 0.25) is 5.88 Å². The van der Waals surface area contributed by atoms with E-state index in [1.54, 1.807) is 11.3 Å². The van der Waals surface area contributed by atoms with E-state index in [0.717, 1.165) is 73.3 Å². The molecule has 0 unspecified atom stereocenters. The van der Waals surface area contributed by atoms with Crippen LogP contribution in [0.15, 0.2) is 60.0 Å². The molecule has 1 fully saturated rings. The van der Waals surface area contributed by atoms with Gasteiger partial charge >= 0.3 is 0 Å². The molecule has 0 amide bonds. The lowest BCUT2D eigenvalue weighted by atomic mass is 9.93. The second kappa shape index (κ2) is 12.3. The van der Waals surface area contributed by atoms with Crippen LogP contribution in [0.3, 0.4) is 0 Å². The summed E-state index contributed by atoms with van der Waals surface area (Å²) in [6.45, 7) is 10.0. The lowest BCUT2D eigenvalue weighted by Gasteiger charge is -2.32. The summed E-state index contributed by atoms with van der Waals surface area (Å²) in [5.41, 5.74) is 3.29. The summed E-state index contributed by atoms with van der Waals surface area (Å²) in [5, 5.41) is 4.43. The number of hydrogen-bond acceptors (Lipinski definition) is 7. The first-order valence-electron chi connectivity index (χ1n) is 13.1.